The number of carbonyl (C=O) groups is 1. The predicted molar refractivity (Wildman–Crippen MR) is 80.7 cm³/mol. The number of nitrogens with one attached hydrogen (secondary N) is 2. The fraction of sp³-hybridized carbons (Fsp3) is 0.636. The van der Waals surface area contributed by atoms with Crippen molar-refractivity contribution < 1.29 is 18.0 Å². The summed E-state index contributed by atoms with van der Waals surface area (Å²) in [7, 11) is 0. The molecule has 1 amide bonds. The molecule has 1 rings (SSSR count). The summed E-state index contributed by atoms with van der Waals surface area (Å²) in [6, 6.07) is 0. The summed E-state index contributed by atoms with van der Waals surface area (Å²) >= 11 is 0.906. The van der Waals surface area contributed by atoms with Crippen LogP contribution in [0.3, 0.4) is 0 Å². The van der Waals surface area contributed by atoms with E-state index < -0.39 is 11.4 Å². The van der Waals surface area contributed by atoms with Crippen LogP contribution in [0.15, 0.2) is 0 Å². The molecular formula is C11H17F3N4OS2. The molecule has 0 saturated heterocycles. The molecule has 1 heterocycles. The minimum atomic E-state index is -4.29. The summed E-state index contributed by atoms with van der Waals surface area (Å²) in [5.74, 6) is -0.267. The lowest BCUT2D eigenvalue weighted by molar-refractivity contribution is -0.0327. The van der Waals surface area contributed by atoms with E-state index in [0.29, 0.717) is 17.6 Å². The minimum Gasteiger partial charge on any atom is -0.382 e. The lowest BCUT2D eigenvalue weighted by Crippen LogP contribution is -2.26. The number of aromatic nitrogens is 1. The van der Waals surface area contributed by atoms with E-state index >= 15 is 0 Å². The number of nitrogens with two attached hydrogens (primary N) is 1. The first-order valence-electron chi connectivity index (χ1n) is 6.18. The van der Waals surface area contributed by atoms with E-state index in [4.69, 9.17) is 5.73 Å². The number of nitrogen functional groups attached to an aromatic ring is 1. The number of hydrogen-bond donors (Lipinski definition) is 3. The third kappa shape index (κ3) is 6.89. The van der Waals surface area contributed by atoms with Crippen LogP contribution in [0.2, 0.25) is 0 Å². The Balaban J connectivity index is 2.47. The molecule has 0 bridgehead atoms. The van der Waals surface area contributed by atoms with Crippen molar-refractivity contribution in [3.8, 4) is 0 Å². The van der Waals surface area contributed by atoms with Gasteiger partial charge >= 0.3 is 5.51 Å². The standard InChI is InChI=1S/C11H17F3N4OS2/c1-6(2)5-17-10-18-8(15)7(21-10)9(19)16-3-4-20-11(12,13)14/h6H,3-5,15H2,1-2H3,(H,16,19)(H,17,18). The Labute approximate surface area is 128 Å². The normalized spacial score (nSPS) is 11.7. The molecule has 0 fully saturated rings. The first-order valence-corrected chi connectivity index (χ1v) is 7.98. The zero-order valence-corrected chi connectivity index (χ0v) is 13.2. The molecule has 0 aromatic carbocycles. The summed E-state index contributed by atoms with van der Waals surface area (Å²) < 4.78 is 35.8. The molecule has 0 aliphatic rings. The average molecular weight is 342 g/mol. The first-order chi connectivity index (χ1) is 9.69. The predicted octanol–water partition coefficient (Wildman–Crippen LogP) is 2.78. The van der Waals surface area contributed by atoms with Crippen molar-refractivity contribution in [3.63, 3.8) is 0 Å². The Bertz CT molecular complexity index is 477. The van der Waals surface area contributed by atoms with E-state index in [1.807, 2.05) is 13.8 Å². The maximum absolute atomic E-state index is 11.9. The summed E-state index contributed by atoms with van der Waals surface area (Å²) in [4.78, 5) is 16.0. The van der Waals surface area contributed by atoms with Crippen LogP contribution in [0.5, 0.6) is 0 Å². The Hall–Kier alpha value is -1.16. The highest BCUT2D eigenvalue weighted by Crippen LogP contribution is 2.29. The van der Waals surface area contributed by atoms with E-state index in [1.54, 1.807) is 0 Å². The van der Waals surface area contributed by atoms with Gasteiger partial charge in [0.2, 0.25) is 0 Å². The van der Waals surface area contributed by atoms with Gasteiger partial charge in [0.15, 0.2) is 5.13 Å². The second-order valence-corrected chi connectivity index (χ2v) is 6.72. The number of alkyl halides is 3. The van der Waals surface area contributed by atoms with Gasteiger partial charge in [-0.15, -0.1) is 0 Å². The second kappa shape index (κ2) is 7.74. The van der Waals surface area contributed by atoms with Crippen molar-refractivity contribution in [2.24, 2.45) is 5.92 Å². The lowest BCUT2D eigenvalue weighted by atomic mass is 10.2. The molecule has 0 radical (unpaired) electrons. The number of rotatable bonds is 7. The number of anilines is 2. The molecule has 0 spiro atoms. The van der Waals surface area contributed by atoms with E-state index in [1.165, 1.54) is 0 Å². The van der Waals surface area contributed by atoms with Gasteiger partial charge in [0.25, 0.3) is 5.91 Å². The van der Waals surface area contributed by atoms with Crippen molar-refractivity contribution in [2.45, 2.75) is 19.4 Å². The molecule has 1 aromatic rings. The third-order valence-electron chi connectivity index (χ3n) is 2.17. The maximum Gasteiger partial charge on any atom is 0.441 e. The molecule has 120 valence electrons. The fourth-order valence-corrected chi connectivity index (χ4v) is 2.52. The molecule has 0 aliphatic carbocycles. The van der Waals surface area contributed by atoms with Crippen LogP contribution in [0.4, 0.5) is 24.1 Å². The quantitative estimate of drug-likeness (QED) is 0.664. The van der Waals surface area contributed by atoms with Crippen LogP contribution in [0.25, 0.3) is 0 Å². The summed E-state index contributed by atoms with van der Waals surface area (Å²) in [5, 5.41) is 5.96. The number of nitrogens with zero attached hydrogens (tertiary/aromatic N) is 1. The van der Waals surface area contributed by atoms with Crippen LogP contribution < -0.4 is 16.4 Å². The van der Waals surface area contributed by atoms with E-state index in [2.05, 4.69) is 15.6 Å². The highest BCUT2D eigenvalue weighted by molar-refractivity contribution is 8.00. The minimum absolute atomic E-state index is 0.0761. The highest BCUT2D eigenvalue weighted by Gasteiger charge is 2.27. The Morgan fingerprint density at radius 3 is 2.71 bits per heavy atom. The van der Waals surface area contributed by atoms with Crippen LogP contribution in [0, 0.1) is 5.92 Å². The van der Waals surface area contributed by atoms with Crippen LogP contribution >= 0.6 is 23.1 Å². The molecule has 0 saturated carbocycles. The summed E-state index contributed by atoms with van der Waals surface area (Å²) in [6.07, 6.45) is 0. The van der Waals surface area contributed by atoms with Gasteiger partial charge in [0.05, 0.1) is 0 Å². The van der Waals surface area contributed by atoms with Gasteiger partial charge in [-0.3, -0.25) is 4.79 Å². The van der Waals surface area contributed by atoms with Crippen LogP contribution in [0.1, 0.15) is 23.5 Å². The first kappa shape index (κ1) is 17.9. The SMILES string of the molecule is CC(C)CNc1nc(N)c(C(=O)NCCSC(F)(F)F)s1. The third-order valence-corrected chi connectivity index (χ3v) is 3.94. The van der Waals surface area contributed by atoms with Gasteiger partial charge in [0, 0.05) is 18.8 Å². The smallest absolute Gasteiger partial charge is 0.382 e. The van der Waals surface area contributed by atoms with Gasteiger partial charge < -0.3 is 16.4 Å². The van der Waals surface area contributed by atoms with Gasteiger partial charge in [-0.25, -0.2) is 4.98 Å². The Morgan fingerprint density at radius 2 is 2.14 bits per heavy atom. The monoisotopic (exact) mass is 342 g/mol. The van der Waals surface area contributed by atoms with E-state index in [0.717, 1.165) is 11.3 Å². The lowest BCUT2D eigenvalue weighted by Gasteiger charge is -2.06. The topological polar surface area (TPSA) is 80.0 Å². The van der Waals surface area contributed by atoms with Crippen LogP contribution in [-0.2, 0) is 0 Å². The largest absolute Gasteiger partial charge is 0.441 e. The highest BCUT2D eigenvalue weighted by atomic mass is 32.2. The molecule has 0 atom stereocenters. The molecule has 0 unspecified atom stereocenters. The number of thioether (sulfide) groups is 1. The van der Waals surface area contributed by atoms with E-state index in [-0.39, 0.29) is 34.8 Å². The molecule has 1 aromatic heterocycles. The summed E-state index contributed by atoms with van der Waals surface area (Å²) in [5.41, 5.74) is 1.35. The molecule has 5 nitrogen and oxygen atoms in total. The molecule has 0 aliphatic heterocycles. The summed E-state index contributed by atoms with van der Waals surface area (Å²) in [6.45, 7) is 4.65. The van der Waals surface area contributed by atoms with Gasteiger partial charge in [-0.1, -0.05) is 25.2 Å². The number of amides is 1. The van der Waals surface area contributed by atoms with Crippen molar-refractivity contribution in [3.05, 3.63) is 4.88 Å². The van der Waals surface area contributed by atoms with Gasteiger partial charge in [-0.05, 0) is 17.7 Å². The Morgan fingerprint density at radius 1 is 1.48 bits per heavy atom. The zero-order chi connectivity index (χ0) is 16.0. The maximum atomic E-state index is 11.9. The van der Waals surface area contributed by atoms with Crippen molar-refractivity contribution >= 4 is 40.0 Å². The Kier molecular flexibility index (Phi) is 6.59. The fourth-order valence-electron chi connectivity index (χ4n) is 1.27. The molecule has 4 N–H and O–H groups in total. The number of hydrogen-bond acceptors (Lipinski definition) is 6. The van der Waals surface area contributed by atoms with Gasteiger partial charge in [0.1, 0.15) is 10.7 Å². The average Bonchev–Trinajstić information content (AvgIpc) is 2.72. The van der Waals surface area contributed by atoms with Crippen molar-refractivity contribution in [2.75, 3.05) is 29.9 Å². The molecular weight excluding hydrogens is 325 g/mol. The van der Waals surface area contributed by atoms with Crippen molar-refractivity contribution in [1.82, 2.24) is 10.3 Å². The number of halogens is 3. The van der Waals surface area contributed by atoms with Crippen molar-refractivity contribution in [1.29, 1.82) is 0 Å². The van der Waals surface area contributed by atoms with Gasteiger partial charge in [-0.2, -0.15) is 13.2 Å². The zero-order valence-electron chi connectivity index (χ0n) is 11.6. The van der Waals surface area contributed by atoms with E-state index in [9.17, 15) is 18.0 Å². The number of carbonyl (C=O) groups excluding carboxylic acids is 1. The second-order valence-electron chi connectivity index (χ2n) is 4.56. The molecule has 21 heavy (non-hydrogen) atoms. The number of thiazole rings is 1. The van der Waals surface area contributed by atoms with Crippen LogP contribution in [-0.4, -0.2) is 35.2 Å². The molecule has 10 heteroatoms.